The third-order valence-corrected chi connectivity index (χ3v) is 7.29. The van der Waals surface area contributed by atoms with E-state index in [-0.39, 0.29) is 36.1 Å². The van der Waals surface area contributed by atoms with Crippen LogP contribution in [-0.4, -0.2) is 59.0 Å². The third-order valence-electron chi connectivity index (χ3n) is 7.29. The van der Waals surface area contributed by atoms with E-state index in [2.05, 4.69) is 6.58 Å². The van der Waals surface area contributed by atoms with Crippen molar-refractivity contribution in [2.24, 2.45) is 0 Å². The van der Waals surface area contributed by atoms with Gasteiger partial charge in [-0.05, 0) is 20.8 Å². The van der Waals surface area contributed by atoms with Crippen molar-refractivity contribution in [3.8, 4) is 0 Å². The number of ether oxygens (including phenoxy) is 5. The molecule has 4 fully saturated rings. The summed E-state index contributed by atoms with van der Waals surface area (Å²) in [4.78, 5) is 0. The van der Waals surface area contributed by atoms with Crippen LogP contribution in [0.15, 0.2) is 43.0 Å². The first kappa shape index (κ1) is 20.6. The normalized spacial score (nSPS) is 50.3. The molecular weight excluding hydrogens is 384 g/mol. The van der Waals surface area contributed by atoms with E-state index < -0.39 is 17.5 Å². The standard InChI is InChI=1S/C24H32O6/c1-5-23(3)20(30-23)12-18-22(2,25)14-24(4)19(28-18)11-16-17(29-24)13-26-21(27-16)15-9-7-6-8-10-15/h5-10,16-21,25H,1,11-14H2,2-4H3/t16-,17+,18-,19+,20+,21+,22+,23+,24-/m1/s1. The minimum Gasteiger partial charge on any atom is -0.387 e. The van der Waals surface area contributed by atoms with E-state index in [4.69, 9.17) is 23.7 Å². The maximum absolute atomic E-state index is 11.2. The lowest BCUT2D eigenvalue weighted by Gasteiger charge is -2.57. The van der Waals surface area contributed by atoms with Crippen LogP contribution in [0.3, 0.4) is 0 Å². The Hall–Kier alpha value is -1.28. The van der Waals surface area contributed by atoms with Gasteiger partial charge in [0.05, 0.1) is 42.2 Å². The molecule has 5 rings (SSSR count). The molecule has 0 spiro atoms. The highest BCUT2D eigenvalue weighted by molar-refractivity contribution is 5.17. The van der Waals surface area contributed by atoms with E-state index in [1.165, 1.54) is 0 Å². The first-order valence-corrected chi connectivity index (χ1v) is 10.9. The Balaban J connectivity index is 1.30. The van der Waals surface area contributed by atoms with Gasteiger partial charge in [-0.15, -0.1) is 6.58 Å². The second-order valence-electron chi connectivity index (χ2n) is 9.83. The highest BCUT2D eigenvalue weighted by Crippen LogP contribution is 2.49. The molecule has 0 aromatic heterocycles. The lowest BCUT2D eigenvalue weighted by atomic mass is 9.74. The number of epoxide rings is 1. The summed E-state index contributed by atoms with van der Waals surface area (Å²) in [5.41, 5.74) is -0.903. The average molecular weight is 417 g/mol. The van der Waals surface area contributed by atoms with Gasteiger partial charge in [0.25, 0.3) is 0 Å². The van der Waals surface area contributed by atoms with E-state index in [0.29, 0.717) is 25.9 Å². The fourth-order valence-electron chi connectivity index (χ4n) is 5.32. The number of aliphatic hydroxyl groups is 1. The van der Waals surface area contributed by atoms with Crippen molar-refractivity contribution >= 4 is 0 Å². The third kappa shape index (κ3) is 3.53. The summed E-state index contributed by atoms with van der Waals surface area (Å²) in [6, 6.07) is 9.96. The Morgan fingerprint density at radius 2 is 1.83 bits per heavy atom. The number of benzene rings is 1. The van der Waals surface area contributed by atoms with Crippen molar-refractivity contribution in [3.63, 3.8) is 0 Å². The Morgan fingerprint density at radius 1 is 1.07 bits per heavy atom. The summed E-state index contributed by atoms with van der Waals surface area (Å²) in [5.74, 6) is 0. The van der Waals surface area contributed by atoms with E-state index >= 15 is 0 Å². The fourth-order valence-corrected chi connectivity index (χ4v) is 5.32. The molecule has 9 atom stereocenters. The van der Waals surface area contributed by atoms with Crippen LogP contribution in [0.5, 0.6) is 0 Å². The summed E-state index contributed by atoms with van der Waals surface area (Å²) in [5, 5.41) is 11.2. The Kier molecular flexibility index (Phi) is 4.89. The zero-order chi connectivity index (χ0) is 21.1. The zero-order valence-corrected chi connectivity index (χ0v) is 18.0. The van der Waals surface area contributed by atoms with Gasteiger partial charge in [0.15, 0.2) is 6.29 Å². The quantitative estimate of drug-likeness (QED) is 0.600. The highest BCUT2D eigenvalue weighted by atomic mass is 16.7. The molecule has 30 heavy (non-hydrogen) atoms. The van der Waals surface area contributed by atoms with Crippen molar-refractivity contribution in [2.75, 3.05) is 6.61 Å². The molecule has 4 saturated heterocycles. The predicted octanol–water partition coefficient (Wildman–Crippen LogP) is 3.29. The number of hydrogen-bond acceptors (Lipinski definition) is 6. The molecule has 0 radical (unpaired) electrons. The molecule has 0 saturated carbocycles. The molecule has 0 bridgehead atoms. The molecule has 1 aromatic carbocycles. The van der Waals surface area contributed by atoms with Crippen molar-refractivity contribution in [2.45, 2.75) is 93.6 Å². The molecule has 4 aliphatic heterocycles. The molecular formula is C24H32O6. The van der Waals surface area contributed by atoms with Gasteiger partial charge in [0.1, 0.15) is 11.7 Å². The smallest absolute Gasteiger partial charge is 0.184 e. The van der Waals surface area contributed by atoms with E-state index in [9.17, 15) is 5.11 Å². The predicted molar refractivity (Wildman–Crippen MR) is 110 cm³/mol. The van der Waals surface area contributed by atoms with Gasteiger partial charge >= 0.3 is 0 Å². The molecule has 1 N–H and O–H groups in total. The average Bonchev–Trinajstić information content (AvgIpc) is 3.37. The minimum absolute atomic E-state index is 0.0230. The second-order valence-corrected chi connectivity index (χ2v) is 9.83. The molecule has 6 nitrogen and oxygen atoms in total. The Bertz CT molecular complexity index is 796. The van der Waals surface area contributed by atoms with Gasteiger partial charge in [0.2, 0.25) is 0 Å². The zero-order valence-electron chi connectivity index (χ0n) is 18.0. The molecule has 1 aromatic rings. The lowest BCUT2D eigenvalue weighted by Crippen LogP contribution is -2.67. The van der Waals surface area contributed by atoms with Gasteiger partial charge in [-0.1, -0.05) is 36.4 Å². The fraction of sp³-hybridized carbons (Fsp3) is 0.667. The first-order chi connectivity index (χ1) is 14.2. The van der Waals surface area contributed by atoms with Gasteiger partial charge in [-0.3, -0.25) is 0 Å². The maximum atomic E-state index is 11.2. The first-order valence-electron chi connectivity index (χ1n) is 10.9. The van der Waals surface area contributed by atoms with E-state index in [1.54, 1.807) is 0 Å². The van der Waals surface area contributed by atoms with Gasteiger partial charge in [-0.25, -0.2) is 0 Å². The molecule has 4 aliphatic rings. The topological polar surface area (TPSA) is 69.7 Å². The van der Waals surface area contributed by atoms with E-state index in [1.807, 2.05) is 57.2 Å². The van der Waals surface area contributed by atoms with Crippen LogP contribution in [-0.2, 0) is 23.7 Å². The largest absolute Gasteiger partial charge is 0.387 e. The van der Waals surface area contributed by atoms with Crippen molar-refractivity contribution in [3.05, 3.63) is 48.6 Å². The summed E-state index contributed by atoms with van der Waals surface area (Å²) >= 11 is 0. The maximum Gasteiger partial charge on any atom is 0.184 e. The van der Waals surface area contributed by atoms with Crippen molar-refractivity contribution < 1.29 is 28.8 Å². The Labute approximate surface area is 178 Å². The van der Waals surface area contributed by atoms with Crippen molar-refractivity contribution in [1.82, 2.24) is 0 Å². The minimum atomic E-state index is -1.00. The number of hydrogen-bond donors (Lipinski definition) is 1. The molecule has 164 valence electrons. The van der Waals surface area contributed by atoms with Gasteiger partial charge in [-0.2, -0.15) is 0 Å². The van der Waals surface area contributed by atoms with Crippen molar-refractivity contribution in [1.29, 1.82) is 0 Å². The molecule has 0 unspecified atom stereocenters. The van der Waals surface area contributed by atoms with Crippen LogP contribution in [0.2, 0.25) is 0 Å². The molecule has 6 heteroatoms. The molecule has 4 heterocycles. The van der Waals surface area contributed by atoms with Gasteiger partial charge < -0.3 is 28.8 Å². The van der Waals surface area contributed by atoms with Crippen LogP contribution in [0.25, 0.3) is 0 Å². The van der Waals surface area contributed by atoms with Crippen LogP contribution < -0.4 is 0 Å². The van der Waals surface area contributed by atoms with Gasteiger partial charge in [0, 0.05) is 24.8 Å². The summed E-state index contributed by atoms with van der Waals surface area (Å²) in [6.07, 6.45) is 2.54. The van der Waals surface area contributed by atoms with Crippen LogP contribution in [0, 0.1) is 0 Å². The SMILES string of the molecule is C=C[C@]1(C)O[C@H]1C[C@H]1O[C@H]2C[C@H]3O[C@@H](c4ccccc4)OC[C@@H]3O[C@]2(C)C[C@]1(C)O. The Morgan fingerprint density at radius 3 is 2.53 bits per heavy atom. The lowest BCUT2D eigenvalue weighted by molar-refractivity contribution is -0.354. The summed E-state index contributed by atoms with van der Waals surface area (Å²) in [6.45, 7) is 10.2. The number of rotatable bonds is 4. The summed E-state index contributed by atoms with van der Waals surface area (Å²) < 4.78 is 30.9. The van der Waals surface area contributed by atoms with Crippen LogP contribution >= 0.6 is 0 Å². The summed E-state index contributed by atoms with van der Waals surface area (Å²) in [7, 11) is 0. The molecule has 0 amide bonds. The van der Waals surface area contributed by atoms with Crippen LogP contribution in [0.1, 0.15) is 51.9 Å². The second kappa shape index (κ2) is 7.12. The van der Waals surface area contributed by atoms with E-state index in [0.717, 1.165) is 5.56 Å². The monoisotopic (exact) mass is 416 g/mol. The number of fused-ring (bicyclic) bond motifs is 2. The molecule has 0 aliphatic carbocycles. The van der Waals surface area contributed by atoms with Crippen LogP contribution in [0.4, 0.5) is 0 Å². The highest BCUT2D eigenvalue weighted by Gasteiger charge is 2.60.